The Morgan fingerprint density at radius 3 is 2.50 bits per heavy atom. The number of fused-ring (bicyclic) bond motifs is 1. The molecular formula is C27H37N7O2. The number of hydrogen-bond donors (Lipinski definition) is 4. The van der Waals surface area contributed by atoms with Crippen LogP contribution in [0.3, 0.4) is 0 Å². The Balaban J connectivity index is 1.90. The van der Waals surface area contributed by atoms with E-state index in [0.717, 1.165) is 23.2 Å². The van der Waals surface area contributed by atoms with Gasteiger partial charge >= 0.3 is 0 Å². The highest BCUT2D eigenvalue weighted by Crippen LogP contribution is 2.27. The molecule has 192 valence electrons. The first-order valence-electron chi connectivity index (χ1n) is 12.1. The number of nitrogens with zero attached hydrogens (tertiary/aromatic N) is 3. The molecule has 0 aliphatic carbocycles. The summed E-state index contributed by atoms with van der Waals surface area (Å²) < 4.78 is 1.64. The van der Waals surface area contributed by atoms with Gasteiger partial charge in [0.1, 0.15) is 17.7 Å². The van der Waals surface area contributed by atoms with E-state index in [1.54, 1.807) is 29.9 Å². The molecule has 9 nitrogen and oxygen atoms in total. The normalized spacial score (nSPS) is 12.1. The lowest BCUT2D eigenvalue weighted by Gasteiger charge is -2.17. The van der Waals surface area contributed by atoms with Crippen molar-refractivity contribution in [3.8, 4) is 0 Å². The van der Waals surface area contributed by atoms with Gasteiger partial charge in [0.2, 0.25) is 0 Å². The molecule has 0 bridgehead atoms. The van der Waals surface area contributed by atoms with E-state index < -0.39 is 0 Å². The fourth-order valence-electron chi connectivity index (χ4n) is 3.66. The van der Waals surface area contributed by atoms with E-state index in [0.29, 0.717) is 28.3 Å². The van der Waals surface area contributed by atoms with Crippen LogP contribution in [-0.4, -0.2) is 39.5 Å². The van der Waals surface area contributed by atoms with Crippen molar-refractivity contribution in [3.05, 3.63) is 64.9 Å². The minimum atomic E-state index is -0.216. The molecule has 4 N–H and O–H groups in total. The number of aromatic nitrogens is 3. The summed E-state index contributed by atoms with van der Waals surface area (Å²) in [5.41, 5.74) is 4.31. The second-order valence-corrected chi connectivity index (χ2v) is 10.4. The standard InChI is InChI=1S/C27H37N7O2/c1-16(2)31-26(36)20-14-34-23(18(20)4)24(29-15-30-34)32-21-13-19(10-9-17(21)3)25(35)33-22(28-8)11-12-27(5,6)7/h9-11,13-16,28H,12H2,1-8H3,(H,31,36)(H,33,35)(H,29,30,32)/b22-11+. The van der Waals surface area contributed by atoms with Crippen LogP contribution in [-0.2, 0) is 0 Å². The van der Waals surface area contributed by atoms with Crippen LogP contribution in [0.5, 0.6) is 0 Å². The molecule has 0 saturated heterocycles. The molecule has 0 aliphatic rings. The van der Waals surface area contributed by atoms with Crippen LogP contribution in [0.15, 0.2) is 42.6 Å². The van der Waals surface area contributed by atoms with Crippen LogP contribution >= 0.6 is 0 Å². The molecule has 0 unspecified atom stereocenters. The number of amides is 2. The average Bonchev–Trinajstić information content (AvgIpc) is 3.14. The SMILES string of the molecule is CN/C(=C\CC(C)(C)C)NC(=O)c1ccc(C)c(Nc2ncnn3cc(C(=O)NC(C)C)c(C)c23)c1. The van der Waals surface area contributed by atoms with Gasteiger partial charge in [-0.15, -0.1) is 0 Å². The number of carbonyl (C=O) groups is 2. The summed E-state index contributed by atoms with van der Waals surface area (Å²) >= 11 is 0. The highest BCUT2D eigenvalue weighted by Gasteiger charge is 2.19. The van der Waals surface area contributed by atoms with E-state index in [1.165, 1.54) is 6.33 Å². The van der Waals surface area contributed by atoms with Gasteiger partial charge in [-0.3, -0.25) is 9.59 Å². The minimum Gasteiger partial charge on any atom is -0.375 e. The molecule has 0 aliphatic heterocycles. The van der Waals surface area contributed by atoms with Crippen LogP contribution in [0.1, 0.15) is 72.9 Å². The Bertz CT molecular complexity index is 1300. The molecule has 2 aromatic heterocycles. The number of carbonyl (C=O) groups excluding carboxylic acids is 2. The Morgan fingerprint density at radius 2 is 1.86 bits per heavy atom. The van der Waals surface area contributed by atoms with Crippen molar-refractivity contribution in [1.29, 1.82) is 0 Å². The second-order valence-electron chi connectivity index (χ2n) is 10.4. The van der Waals surface area contributed by atoms with Crippen molar-refractivity contribution >= 4 is 28.8 Å². The first-order valence-corrected chi connectivity index (χ1v) is 12.1. The smallest absolute Gasteiger partial charge is 0.256 e. The summed E-state index contributed by atoms with van der Waals surface area (Å²) in [6.07, 6.45) is 5.95. The zero-order chi connectivity index (χ0) is 26.6. The summed E-state index contributed by atoms with van der Waals surface area (Å²) in [6.45, 7) is 14.1. The van der Waals surface area contributed by atoms with E-state index in [4.69, 9.17) is 0 Å². The fraction of sp³-hybridized carbons (Fsp3) is 0.407. The van der Waals surface area contributed by atoms with E-state index >= 15 is 0 Å². The van der Waals surface area contributed by atoms with Crippen LogP contribution < -0.4 is 21.3 Å². The van der Waals surface area contributed by atoms with Crippen LogP contribution in [0.2, 0.25) is 0 Å². The molecule has 1 aromatic carbocycles. The van der Waals surface area contributed by atoms with Crippen molar-refractivity contribution < 1.29 is 9.59 Å². The maximum Gasteiger partial charge on any atom is 0.256 e. The molecule has 0 radical (unpaired) electrons. The number of rotatable bonds is 8. The summed E-state index contributed by atoms with van der Waals surface area (Å²) in [6, 6.07) is 5.50. The maximum atomic E-state index is 13.0. The molecule has 0 atom stereocenters. The molecule has 0 spiro atoms. The topological polar surface area (TPSA) is 112 Å². The molecule has 9 heteroatoms. The van der Waals surface area contributed by atoms with Gasteiger partial charge in [-0.05, 0) is 68.9 Å². The first-order chi connectivity index (χ1) is 16.9. The Morgan fingerprint density at radius 1 is 1.14 bits per heavy atom. The predicted molar refractivity (Wildman–Crippen MR) is 143 cm³/mol. The molecule has 3 rings (SSSR count). The summed E-state index contributed by atoms with van der Waals surface area (Å²) in [7, 11) is 1.78. The third-order valence-electron chi connectivity index (χ3n) is 5.68. The third kappa shape index (κ3) is 6.41. The number of hydrogen-bond acceptors (Lipinski definition) is 6. The summed E-state index contributed by atoms with van der Waals surface area (Å²) in [5, 5.41) is 16.5. The van der Waals surface area contributed by atoms with E-state index in [1.807, 2.05) is 39.8 Å². The number of benzene rings is 1. The largest absolute Gasteiger partial charge is 0.375 e. The van der Waals surface area contributed by atoms with Crippen molar-refractivity contribution in [2.24, 2.45) is 5.41 Å². The van der Waals surface area contributed by atoms with Crippen molar-refractivity contribution in [1.82, 2.24) is 30.5 Å². The van der Waals surface area contributed by atoms with Gasteiger partial charge in [-0.2, -0.15) is 5.10 Å². The van der Waals surface area contributed by atoms with Crippen LogP contribution in [0, 0.1) is 19.3 Å². The van der Waals surface area contributed by atoms with Gasteiger partial charge in [-0.1, -0.05) is 26.8 Å². The summed E-state index contributed by atoms with van der Waals surface area (Å²) in [4.78, 5) is 30.1. The van der Waals surface area contributed by atoms with Gasteiger partial charge in [0.15, 0.2) is 5.82 Å². The molecule has 2 heterocycles. The zero-order valence-electron chi connectivity index (χ0n) is 22.4. The molecule has 0 fully saturated rings. The average molecular weight is 492 g/mol. The van der Waals surface area contributed by atoms with Gasteiger partial charge in [0.05, 0.1) is 5.56 Å². The van der Waals surface area contributed by atoms with Gasteiger partial charge in [0, 0.05) is 30.5 Å². The van der Waals surface area contributed by atoms with Crippen molar-refractivity contribution in [2.75, 3.05) is 12.4 Å². The van der Waals surface area contributed by atoms with Crippen molar-refractivity contribution in [2.45, 2.75) is 60.9 Å². The number of nitrogens with one attached hydrogen (secondary N) is 4. The second kappa shape index (κ2) is 10.8. The Kier molecular flexibility index (Phi) is 8.02. The molecule has 3 aromatic rings. The van der Waals surface area contributed by atoms with E-state index in [9.17, 15) is 9.59 Å². The van der Waals surface area contributed by atoms with Crippen molar-refractivity contribution in [3.63, 3.8) is 0 Å². The van der Waals surface area contributed by atoms with E-state index in [2.05, 4.69) is 52.1 Å². The lowest BCUT2D eigenvalue weighted by atomic mass is 9.92. The quantitative estimate of drug-likeness (QED) is 0.370. The number of aryl methyl sites for hydroxylation is 2. The highest BCUT2D eigenvalue weighted by molar-refractivity contribution is 5.99. The zero-order valence-corrected chi connectivity index (χ0v) is 22.4. The molecular weight excluding hydrogens is 454 g/mol. The molecule has 2 amide bonds. The number of anilines is 2. The summed E-state index contributed by atoms with van der Waals surface area (Å²) in [5.74, 6) is 0.840. The fourth-order valence-corrected chi connectivity index (χ4v) is 3.66. The lowest BCUT2D eigenvalue weighted by molar-refractivity contribution is 0.0939. The van der Waals surface area contributed by atoms with E-state index in [-0.39, 0.29) is 23.3 Å². The molecule has 36 heavy (non-hydrogen) atoms. The Hall–Kier alpha value is -3.88. The lowest BCUT2D eigenvalue weighted by Crippen LogP contribution is -2.30. The van der Waals surface area contributed by atoms with Gasteiger partial charge in [-0.25, -0.2) is 9.50 Å². The highest BCUT2D eigenvalue weighted by atomic mass is 16.2. The Labute approximate surface area is 212 Å². The number of allylic oxidation sites excluding steroid dienone is 1. The predicted octanol–water partition coefficient (Wildman–Crippen LogP) is 4.45. The third-order valence-corrected chi connectivity index (χ3v) is 5.68. The van der Waals surface area contributed by atoms with Gasteiger partial charge in [0.25, 0.3) is 11.8 Å². The van der Waals surface area contributed by atoms with Gasteiger partial charge < -0.3 is 21.3 Å². The van der Waals surface area contributed by atoms with Crippen LogP contribution in [0.4, 0.5) is 11.5 Å². The minimum absolute atomic E-state index is 0.0202. The maximum absolute atomic E-state index is 13.0. The molecule has 0 saturated carbocycles. The van der Waals surface area contributed by atoms with Crippen LogP contribution in [0.25, 0.3) is 5.52 Å². The monoisotopic (exact) mass is 491 g/mol. The first kappa shape index (κ1) is 26.7.